The Balaban J connectivity index is 2.48. The summed E-state index contributed by atoms with van der Waals surface area (Å²) >= 11 is 0. The van der Waals surface area contributed by atoms with Gasteiger partial charge in [-0.25, -0.2) is 0 Å². The van der Waals surface area contributed by atoms with Gasteiger partial charge in [0.25, 0.3) is 0 Å². The van der Waals surface area contributed by atoms with Crippen LogP contribution in [0.25, 0.3) is 0 Å². The van der Waals surface area contributed by atoms with Crippen LogP contribution in [0.2, 0.25) is 0 Å². The van der Waals surface area contributed by atoms with E-state index in [1.54, 1.807) is 7.11 Å². The Labute approximate surface area is 79.4 Å². The van der Waals surface area contributed by atoms with Crippen LogP contribution in [-0.4, -0.2) is 25.8 Å². The summed E-state index contributed by atoms with van der Waals surface area (Å²) in [6.45, 7) is 2.30. The SMILES string of the molecule is CCOC(=O)[C@@H]1CCCC[C@@H]1OC. The Kier molecular flexibility index (Phi) is 4.22. The molecule has 0 aromatic carbocycles. The summed E-state index contributed by atoms with van der Waals surface area (Å²) in [5, 5.41) is 0. The van der Waals surface area contributed by atoms with E-state index in [0.29, 0.717) is 6.61 Å². The van der Waals surface area contributed by atoms with Crippen molar-refractivity contribution in [3.05, 3.63) is 0 Å². The molecule has 76 valence electrons. The van der Waals surface area contributed by atoms with E-state index in [9.17, 15) is 4.79 Å². The van der Waals surface area contributed by atoms with Gasteiger partial charge >= 0.3 is 5.97 Å². The Morgan fingerprint density at radius 3 is 2.69 bits per heavy atom. The summed E-state index contributed by atoms with van der Waals surface area (Å²) in [5.41, 5.74) is 0. The first-order valence-electron chi connectivity index (χ1n) is 4.99. The highest BCUT2D eigenvalue weighted by atomic mass is 16.5. The van der Waals surface area contributed by atoms with Crippen LogP contribution in [0.1, 0.15) is 32.6 Å². The minimum Gasteiger partial charge on any atom is -0.466 e. The van der Waals surface area contributed by atoms with Crippen LogP contribution in [0.5, 0.6) is 0 Å². The van der Waals surface area contributed by atoms with Crippen molar-refractivity contribution >= 4 is 5.97 Å². The normalized spacial score (nSPS) is 28.5. The average Bonchev–Trinajstić information content (AvgIpc) is 2.18. The van der Waals surface area contributed by atoms with E-state index in [2.05, 4.69) is 0 Å². The maximum Gasteiger partial charge on any atom is 0.311 e. The van der Waals surface area contributed by atoms with E-state index in [0.717, 1.165) is 25.7 Å². The molecule has 1 saturated carbocycles. The molecule has 0 amide bonds. The van der Waals surface area contributed by atoms with Crippen LogP contribution in [0.15, 0.2) is 0 Å². The van der Waals surface area contributed by atoms with Crippen molar-refractivity contribution in [1.29, 1.82) is 0 Å². The molecule has 0 aliphatic heterocycles. The zero-order valence-corrected chi connectivity index (χ0v) is 8.41. The van der Waals surface area contributed by atoms with Crippen LogP contribution >= 0.6 is 0 Å². The molecule has 1 aliphatic rings. The summed E-state index contributed by atoms with van der Waals surface area (Å²) in [7, 11) is 1.67. The third-order valence-corrected chi connectivity index (χ3v) is 2.59. The minimum absolute atomic E-state index is 0.0290. The Morgan fingerprint density at radius 2 is 2.08 bits per heavy atom. The fourth-order valence-corrected chi connectivity index (χ4v) is 1.90. The first kappa shape index (κ1) is 10.5. The lowest BCUT2D eigenvalue weighted by atomic mass is 9.86. The predicted octanol–water partition coefficient (Wildman–Crippen LogP) is 1.75. The van der Waals surface area contributed by atoms with Crippen LogP contribution in [-0.2, 0) is 14.3 Å². The molecule has 3 nitrogen and oxygen atoms in total. The van der Waals surface area contributed by atoms with Gasteiger partial charge in [0.05, 0.1) is 18.6 Å². The number of hydrogen-bond donors (Lipinski definition) is 0. The third-order valence-electron chi connectivity index (χ3n) is 2.59. The van der Waals surface area contributed by atoms with Crippen LogP contribution in [0.3, 0.4) is 0 Å². The molecule has 0 N–H and O–H groups in total. The molecule has 3 heteroatoms. The van der Waals surface area contributed by atoms with Crippen molar-refractivity contribution in [2.75, 3.05) is 13.7 Å². The highest BCUT2D eigenvalue weighted by molar-refractivity contribution is 5.73. The molecule has 0 aromatic heterocycles. The van der Waals surface area contributed by atoms with Gasteiger partial charge in [0, 0.05) is 7.11 Å². The smallest absolute Gasteiger partial charge is 0.311 e. The van der Waals surface area contributed by atoms with E-state index in [4.69, 9.17) is 9.47 Å². The molecule has 1 rings (SSSR count). The zero-order valence-electron chi connectivity index (χ0n) is 8.41. The number of methoxy groups -OCH3 is 1. The number of hydrogen-bond acceptors (Lipinski definition) is 3. The lowest BCUT2D eigenvalue weighted by Crippen LogP contribution is -2.34. The fraction of sp³-hybridized carbons (Fsp3) is 0.900. The van der Waals surface area contributed by atoms with Crippen molar-refractivity contribution < 1.29 is 14.3 Å². The Morgan fingerprint density at radius 1 is 1.38 bits per heavy atom. The number of ether oxygens (including phenoxy) is 2. The summed E-state index contributed by atoms with van der Waals surface area (Å²) in [6, 6.07) is 0. The van der Waals surface area contributed by atoms with Gasteiger partial charge in [-0.2, -0.15) is 0 Å². The van der Waals surface area contributed by atoms with Crippen molar-refractivity contribution in [3.63, 3.8) is 0 Å². The summed E-state index contributed by atoms with van der Waals surface area (Å²) in [4.78, 5) is 11.5. The Hall–Kier alpha value is -0.570. The third kappa shape index (κ3) is 2.69. The molecule has 0 radical (unpaired) electrons. The van der Waals surface area contributed by atoms with Crippen LogP contribution in [0, 0.1) is 5.92 Å². The topological polar surface area (TPSA) is 35.5 Å². The molecular formula is C10H18O3. The van der Waals surface area contributed by atoms with Crippen molar-refractivity contribution in [3.8, 4) is 0 Å². The van der Waals surface area contributed by atoms with E-state index in [1.165, 1.54) is 0 Å². The highest BCUT2D eigenvalue weighted by Gasteiger charge is 2.31. The average molecular weight is 186 g/mol. The second-order valence-electron chi connectivity index (χ2n) is 3.42. The van der Waals surface area contributed by atoms with E-state index < -0.39 is 0 Å². The number of esters is 1. The van der Waals surface area contributed by atoms with E-state index in [-0.39, 0.29) is 18.0 Å². The van der Waals surface area contributed by atoms with Gasteiger partial charge in [0.1, 0.15) is 0 Å². The van der Waals surface area contributed by atoms with Crippen LogP contribution < -0.4 is 0 Å². The van der Waals surface area contributed by atoms with Crippen molar-refractivity contribution in [1.82, 2.24) is 0 Å². The first-order chi connectivity index (χ1) is 6.29. The summed E-state index contributed by atoms with van der Waals surface area (Å²) < 4.78 is 10.3. The first-order valence-corrected chi connectivity index (χ1v) is 4.99. The molecule has 0 aromatic rings. The fourth-order valence-electron chi connectivity index (χ4n) is 1.90. The van der Waals surface area contributed by atoms with Gasteiger partial charge in [-0.05, 0) is 19.8 Å². The molecule has 0 unspecified atom stereocenters. The standard InChI is InChI=1S/C10H18O3/c1-3-13-10(11)8-6-4-5-7-9(8)12-2/h8-9H,3-7H2,1-2H3/t8-,9+/m1/s1. The summed E-state index contributed by atoms with van der Waals surface area (Å²) in [6.07, 6.45) is 4.25. The molecule has 1 aliphatic carbocycles. The Bertz CT molecular complexity index is 168. The van der Waals surface area contributed by atoms with Gasteiger partial charge in [-0.1, -0.05) is 12.8 Å². The second-order valence-corrected chi connectivity index (χ2v) is 3.42. The molecule has 1 fully saturated rings. The highest BCUT2D eigenvalue weighted by Crippen LogP contribution is 2.27. The van der Waals surface area contributed by atoms with Gasteiger partial charge in [0.15, 0.2) is 0 Å². The molecule has 0 bridgehead atoms. The molecule has 2 atom stereocenters. The maximum atomic E-state index is 11.5. The number of carbonyl (C=O) groups is 1. The van der Waals surface area contributed by atoms with E-state index in [1.807, 2.05) is 6.92 Å². The van der Waals surface area contributed by atoms with Crippen molar-refractivity contribution in [2.45, 2.75) is 38.7 Å². The molecule has 0 saturated heterocycles. The predicted molar refractivity (Wildman–Crippen MR) is 49.4 cm³/mol. The monoisotopic (exact) mass is 186 g/mol. The summed E-state index contributed by atoms with van der Waals surface area (Å²) in [5.74, 6) is -0.118. The lowest BCUT2D eigenvalue weighted by molar-refractivity contribution is -0.154. The largest absolute Gasteiger partial charge is 0.466 e. The van der Waals surface area contributed by atoms with Gasteiger partial charge < -0.3 is 9.47 Å². The number of carbonyl (C=O) groups excluding carboxylic acids is 1. The molecule has 0 spiro atoms. The second kappa shape index (κ2) is 5.22. The van der Waals surface area contributed by atoms with Gasteiger partial charge in [-0.3, -0.25) is 4.79 Å². The number of rotatable bonds is 3. The van der Waals surface area contributed by atoms with Gasteiger partial charge in [-0.15, -0.1) is 0 Å². The molecule has 13 heavy (non-hydrogen) atoms. The molecular weight excluding hydrogens is 168 g/mol. The molecule has 0 heterocycles. The van der Waals surface area contributed by atoms with Crippen LogP contribution in [0.4, 0.5) is 0 Å². The lowest BCUT2D eigenvalue weighted by Gasteiger charge is -2.28. The van der Waals surface area contributed by atoms with Gasteiger partial charge in [0.2, 0.25) is 0 Å². The minimum atomic E-state index is -0.0888. The quantitative estimate of drug-likeness (QED) is 0.630. The van der Waals surface area contributed by atoms with E-state index >= 15 is 0 Å². The maximum absolute atomic E-state index is 11.5. The van der Waals surface area contributed by atoms with Crippen molar-refractivity contribution in [2.24, 2.45) is 5.92 Å². The zero-order chi connectivity index (χ0) is 9.68.